The molecule has 2 amide bonds. The summed E-state index contributed by atoms with van der Waals surface area (Å²) in [6, 6.07) is 5.14. The standard InChI is InChI=1S/C12H15FN2O/c1-8-2-3-9(6-11(8)13)7-14-12(16)15-10-4-5-10/h2-3,6,10H,4-5,7H2,1H3,(H2,14,15,16). The van der Waals surface area contributed by atoms with E-state index in [1.165, 1.54) is 6.07 Å². The minimum atomic E-state index is -0.234. The van der Waals surface area contributed by atoms with Crippen molar-refractivity contribution in [2.75, 3.05) is 0 Å². The first-order chi connectivity index (χ1) is 7.65. The molecule has 0 atom stereocenters. The van der Waals surface area contributed by atoms with Crippen LogP contribution in [0.25, 0.3) is 0 Å². The van der Waals surface area contributed by atoms with Gasteiger partial charge in [-0.05, 0) is 37.0 Å². The summed E-state index contributed by atoms with van der Waals surface area (Å²) in [5.74, 6) is -0.234. The Morgan fingerprint density at radius 1 is 1.50 bits per heavy atom. The number of carbonyl (C=O) groups is 1. The number of benzene rings is 1. The molecule has 4 heteroatoms. The zero-order chi connectivity index (χ0) is 11.5. The molecule has 0 saturated heterocycles. The highest BCUT2D eigenvalue weighted by molar-refractivity contribution is 5.74. The van der Waals surface area contributed by atoms with Crippen molar-refractivity contribution in [3.8, 4) is 0 Å². The Labute approximate surface area is 94.0 Å². The van der Waals surface area contributed by atoms with Gasteiger partial charge < -0.3 is 10.6 Å². The quantitative estimate of drug-likeness (QED) is 0.807. The molecule has 16 heavy (non-hydrogen) atoms. The zero-order valence-corrected chi connectivity index (χ0v) is 9.22. The molecule has 2 rings (SSSR count). The van der Waals surface area contributed by atoms with E-state index in [9.17, 15) is 9.18 Å². The molecule has 0 aromatic heterocycles. The van der Waals surface area contributed by atoms with Crippen LogP contribution in [0.4, 0.5) is 9.18 Å². The Kier molecular flexibility index (Phi) is 3.08. The fourth-order valence-corrected chi connectivity index (χ4v) is 1.39. The van der Waals surface area contributed by atoms with Gasteiger partial charge in [0.15, 0.2) is 0 Å². The monoisotopic (exact) mass is 222 g/mol. The molecule has 1 saturated carbocycles. The highest BCUT2D eigenvalue weighted by atomic mass is 19.1. The lowest BCUT2D eigenvalue weighted by atomic mass is 10.1. The maximum absolute atomic E-state index is 13.2. The predicted octanol–water partition coefficient (Wildman–Crippen LogP) is 2.10. The summed E-state index contributed by atoms with van der Waals surface area (Å²) < 4.78 is 13.2. The van der Waals surface area contributed by atoms with Crippen molar-refractivity contribution in [3.63, 3.8) is 0 Å². The Balaban J connectivity index is 1.83. The van der Waals surface area contributed by atoms with Gasteiger partial charge in [0.05, 0.1) is 0 Å². The fraction of sp³-hybridized carbons (Fsp3) is 0.417. The minimum absolute atomic E-state index is 0.177. The number of amides is 2. The van der Waals surface area contributed by atoms with Crippen LogP contribution < -0.4 is 10.6 Å². The molecule has 0 bridgehead atoms. The second kappa shape index (κ2) is 4.51. The summed E-state index contributed by atoms with van der Waals surface area (Å²) in [5.41, 5.74) is 1.39. The van der Waals surface area contributed by atoms with E-state index < -0.39 is 0 Å². The molecule has 3 nitrogen and oxygen atoms in total. The van der Waals surface area contributed by atoms with Crippen molar-refractivity contribution in [1.29, 1.82) is 0 Å². The van der Waals surface area contributed by atoms with Gasteiger partial charge in [0.25, 0.3) is 0 Å². The number of halogens is 1. The molecule has 0 aliphatic heterocycles. The van der Waals surface area contributed by atoms with Crippen LogP contribution in [0.1, 0.15) is 24.0 Å². The molecular formula is C12H15FN2O. The molecular weight excluding hydrogens is 207 g/mol. The first-order valence-corrected chi connectivity index (χ1v) is 5.44. The van der Waals surface area contributed by atoms with E-state index in [4.69, 9.17) is 0 Å². The average molecular weight is 222 g/mol. The topological polar surface area (TPSA) is 41.1 Å². The third-order valence-electron chi connectivity index (χ3n) is 2.60. The Morgan fingerprint density at radius 3 is 2.88 bits per heavy atom. The van der Waals surface area contributed by atoms with Crippen molar-refractivity contribution in [3.05, 3.63) is 35.1 Å². The van der Waals surface area contributed by atoms with E-state index >= 15 is 0 Å². The minimum Gasteiger partial charge on any atom is -0.335 e. The average Bonchev–Trinajstić information content (AvgIpc) is 3.04. The van der Waals surface area contributed by atoms with Crippen molar-refractivity contribution in [1.82, 2.24) is 10.6 Å². The van der Waals surface area contributed by atoms with Crippen LogP contribution >= 0.6 is 0 Å². The molecule has 0 radical (unpaired) electrons. The second-order valence-electron chi connectivity index (χ2n) is 4.18. The van der Waals surface area contributed by atoms with Crippen LogP contribution in [0, 0.1) is 12.7 Å². The molecule has 1 aliphatic carbocycles. The molecule has 2 N–H and O–H groups in total. The van der Waals surface area contributed by atoms with Gasteiger partial charge in [0.2, 0.25) is 0 Å². The Hall–Kier alpha value is -1.58. The van der Waals surface area contributed by atoms with Gasteiger partial charge >= 0.3 is 6.03 Å². The van der Waals surface area contributed by atoms with Crippen LogP contribution in [-0.2, 0) is 6.54 Å². The molecule has 0 spiro atoms. The van der Waals surface area contributed by atoms with Gasteiger partial charge in [-0.3, -0.25) is 0 Å². The zero-order valence-electron chi connectivity index (χ0n) is 9.22. The molecule has 0 heterocycles. The summed E-state index contributed by atoms with van der Waals surface area (Å²) >= 11 is 0. The summed E-state index contributed by atoms with van der Waals surface area (Å²) in [7, 11) is 0. The smallest absolute Gasteiger partial charge is 0.315 e. The van der Waals surface area contributed by atoms with Crippen LogP contribution in [0.15, 0.2) is 18.2 Å². The van der Waals surface area contributed by atoms with Gasteiger partial charge in [-0.15, -0.1) is 0 Å². The summed E-state index contributed by atoms with van der Waals surface area (Å²) in [4.78, 5) is 11.3. The highest BCUT2D eigenvalue weighted by Crippen LogP contribution is 2.18. The van der Waals surface area contributed by atoms with Crippen LogP contribution in [-0.4, -0.2) is 12.1 Å². The van der Waals surface area contributed by atoms with Gasteiger partial charge in [0.1, 0.15) is 5.82 Å². The summed E-state index contributed by atoms with van der Waals surface area (Å²) in [5, 5.41) is 5.51. The van der Waals surface area contributed by atoms with Crippen molar-refractivity contribution in [2.45, 2.75) is 32.4 Å². The van der Waals surface area contributed by atoms with Crippen LogP contribution in [0.3, 0.4) is 0 Å². The summed E-state index contributed by atoms with van der Waals surface area (Å²) in [6.07, 6.45) is 2.12. The highest BCUT2D eigenvalue weighted by Gasteiger charge is 2.22. The van der Waals surface area contributed by atoms with Crippen molar-refractivity contribution < 1.29 is 9.18 Å². The normalized spacial score (nSPS) is 14.6. The maximum Gasteiger partial charge on any atom is 0.315 e. The lowest BCUT2D eigenvalue weighted by Gasteiger charge is -2.07. The predicted molar refractivity (Wildman–Crippen MR) is 59.5 cm³/mol. The molecule has 1 aromatic rings. The van der Waals surface area contributed by atoms with Crippen molar-refractivity contribution in [2.24, 2.45) is 0 Å². The van der Waals surface area contributed by atoms with E-state index in [-0.39, 0.29) is 11.8 Å². The van der Waals surface area contributed by atoms with Gasteiger partial charge in [-0.25, -0.2) is 9.18 Å². The lowest BCUT2D eigenvalue weighted by molar-refractivity contribution is 0.240. The third kappa shape index (κ3) is 2.95. The number of carbonyl (C=O) groups excluding carboxylic acids is 1. The van der Waals surface area contributed by atoms with E-state index in [0.717, 1.165) is 18.4 Å². The third-order valence-corrected chi connectivity index (χ3v) is 2.60. The molecule has 0 unspecified atom stereocenters. The number of aryl methyl sites for hydroxylation is 1. The van der Waals surface area contributed by atoms with E-state index in [1.807, 2.05) is 6.07 Å². The molecule has 1 aliphatic rings. The number of hydrogen-bond acceptors (Lipinski definition) is 1. The lowest BCUT2D eigenvalue weighted by Crippen LogP contribution is -2.36. The second-order valence-corrected chi connectivity index (χ2v) is 4.18. The van der Waals surface area contributed by atoms with Gasteiger partial charge in [-0.2, -0.15) is 0 Å². The van der Waals surface area contributed by atoms with Gasteiger partial charge in [0, 0.05) is 12.6 Å². The number of urea groups is 1. The molecule has 86 valence electrons. The Bertz CT molecular complexity index is 402. The van der Waals surface area contributed by atoms with E-state index in [0.29, 0.717) is 18.2 Å². The largest absolute Gasteiger partial charge is 0.335 e. The number of nitrogens with one attached hydrogen (secondary N) is 2. The first-order valence-electron chi connectivity index (χ1n) is 5.44. The van der Waals surface area contributed by atoms with Crippen molar-refractivity contribution >= 4 is 6.03 Å². The number of hydrogen-bond donors (Lipinski definition) is 2. The summed E-state index contributed by atoms with van der Waals surface area (Å²) in [6.45, 7) is 2.07. The van der Waals surface area contributed by atoms with Crippen LogP contribution in [0.5, 0.6) is 0 Å². The van der Waals surface area contributed by atoms with E-state index in [2.05, 4.69) is 10.6 Å². The molecule has 1 fully saturated rings. The van der Waals surface area contributed by atoms with E-state index in [1.54, 1.807) is 13.0 Å². The molecule has 1 aromatic carbocycles. The Morgan fingerprint density at radius 2 is 2.25 bits per heavy atom. The maximum atomic E-state index is 13.2. The fourth-order valence-electron chi connectivity index (χ4n) is 1.39. The van der Waals surface area contributed by atoms with Gasteiger partial charge in [-0.1, -0.05) is 12.1 Å². The number of rotatable bonds is 3. The SMILES string of the molecule is Cc1ccc(CNC(=O)NC2CC2)cc1F. The first kappa shape index (κ1) is 10.9. The van der Waals surface area contributed by atoms with Crippen LogP contribution in [0.2, 0.25) is 0 Å².